The number of fused-ring (bicyclic) bond motifs is 1. The molecule has 23 heavy (non-hydrogen) atoms. The molecule has 4 nitrogen and oxygen atoms in total. The van der Waals surface area contributed by atoms with Gasteiger partial charge in [-0.3, -0.25) is 9.59 Å². The second-order valence-corrected chi connectivity index (χ2v) is 6.16. The molecule has 0 radical (unpaired) electrons. The first-order chi connectivity index (χ1) is 11.1. The fourth-order valence-corrected chi connectivity index (χ4v) is 3.51. The number of hydrogen-bond acceptors (Lipinski definition) is 3. The van der Waals surface area contributed by atoms with E-state index in [1.165, 1.54) is 11.8 Å². The maximum Gasteiger partial charge on any atom is 0.256 e. The third-order valence-electron chi connectivity index (χ3n) is 3.65. The highest BCUT2D eigenvalue weighted by Crippen LogP contribution is 2.37. The maximum absolute atomic E-state index is 11.9. The molecule has 2 aromatic rings. The van der Waals surface area contributed by atoms with Gasteiger partial charge in [-0.2, -0.15) is 0 Å². The van der Waals surface area contributed by atoms with E-state index in [2.05, 4.69) is 10.5 Å². The maximum atomic E-state index is 11.9. The number of allylic oxidation sites excluding steroid dienone is 1. The van der Waals surface area contributed by atoms with Gasteiger partial charge >= 0.3 is 0 Å². The predicted octanol–water partition coefficient (Wildman–Crippen LogP) is 2.47. The van der Waals surface area contributed by atoms with Crippen LogP contribution in [0.15, 0.2) is 58.3 Å². The Morgan fingerprint density at radius 3 is 2.78 bits per heavy atom. The van der Waals surface area contributed by atoms with Crippen LogP contribution in [0.3, 0.4) is 0 Å². The standard InChI is InChI=1S/C17H15BN2O2S/c1-2-11-12-8-7-10(9-14(12)19-16(11)21)23-15-6-4-3-5-13(15)17(22)20-18/h2-9H,18H2,1H3,(H,19,21)(H,20,22). The van der Waals surface area contributed by atoms with E-state index in [0.29, 0.717) is 11.1 Å². The number of carbonyl (C=O) groups excluding carboxylic acids is 2. The van der Waals surface area contributed by atoms with Gasteiger partial charge in [0.05, 0.1) is 11.3 Å². The lowest BCUT2D eigenvalue weighted by Gasteiger charge is -2.09. The second-order valence-electron chi connectivity index (χ2n) is 5.04. The summed E-state index contributed by atoms with van der Waals surface area (Å²) < 4.78 is 0. The summed E-state index contributed by atoms with van der Waals surface area (Å²) in [5.41, 5.74) is 3.06. The SMILES string of the molecule is BNC(=O)c1ccccc1Sc1ccc2c(c1)NC(=O)C2=CC. The minimum Gasteiger partial charge on any atom is -0.402 e. The first kappa shape index (κ1) is 15.4. The van der Waals surface area contributed by atoms with Crippen LogP contribution < -0.4 is 10.5 Å². The predicted molar refractivity (Wildman–Crippen MR) is 95.3 cm³/mol. The minimum absolute atomic E-state index is 0.0737. The quantitative estimate of drug-likeness (QED) is 0.674. The third-order valence-corrected chi connectivity index (χ3v) is 4.71. The van der Waals surface area contributed by atoms with Gasteiger partial charge in [0.1, 0.15) is 0 Å². The zero-order chi connectivity index (χ0) is 16.4. The van der Waals surface area contributed by atoms with Crippen molar-refractivity contribution in [3.63, 3.8) is 0 Å². The fourth-order valence-electron chi connectivity index (χ4n) is 2.53. The lowest BCUT2D eigenvalue weighted by molar-refractivity contribution is -0.110. The van der Waals surface area contributed by atoms with Gasteiger partial charge < -0.3 is 10.5 Å². The fraction of sp³-hybridized carbons (Fsp3) is 0.0588. The molecule has 0 spiro atoms. The van der Waals surface area contributed by atoms with Crippen LogP contribution in [-0.2, 0) is 4.79 Å². The van der Waals surface area contributed by atoms with Crippen molar-refractivity contribution in [3.05, 3.63) is 59.7 Å². The summed E-state index contributed by atoms with van der Waals surface area (Å²) in [5, 5.41) is 5.52. The van der Waals surface area contributed by atoms with Crippen LogP contribution in [0.1, 0.15) is 22.8 Å². The van der Waals surface area contributed by atoms with Crippen molar-refractivity contribution in [2.45, 2.75) is 16.7 Å². The Morgan fingerprint density at radius 2 is 2.04 bits per heavy atom. The van der Waals surface area contributed by atoms with Crippen LogP contribution in [-0.4, -0.2) is 19.8 Å². The molecule has 0 unspecified atom stereocenters. The summed E-state index contributed by atoms with van der Waals surface area (Å²) in [7, 11) is 1.62. The Hall–Kier alpha value is -2.47. The van der Waals surface area contributed by atoms with Crippen LogP contribution in [0.2, 0.25) is 0 Å². The molecule has 0 saturated heterocycles. The Kier molecular flexibility index (Phi) is 4.25. The molecular formula is C17H15BN2O2S. The van der Waals surface area contributed by atoms with E-state index in [-0.39, 0.29) is 11.8 Å². The molecule has 3 rings (SSSR count). The van der Waals surface area contributed by atoms with Crippen LogP contribution in [0.25, 0.3) is 5.57 Å². The van der Waals surface area contributed by atoms with E-state index in [1.54, 1.807) is 14.0 Å². The topological polar surface area (TPSA) is 58.2 Å². The molecule has 0 atom stereocenters. The van der Waals surface area contributed by atoms with Crippen molar-refractivity contribution >= 4 is 42.8 Å². The largest absolute Gasteiger partial charge is 0.402 e. The van der Waals surface area contributed by atoms with Gasteiger partial charge in [-0.05, 0) is 31.2 Å². The van der Waals surface area contributed by atoms with Gasteiger partial charge in [-0.1, -0.05) is 36.0 Å². The van der Waals surface area contributed by atoms with Gasteiger partial charge in [0.2, 0.25) is 13.9 Å². The van der Waals surface area contributed by atoms with Crippen LogP contribution >= 0.6 is 11.8 Å². The first-order valence-electron chi connectivity index (χ1n) is 7.25. The Labute approximate surface area is 139 Å². The average molecular weight is 322 g/mol. The number of nitrogens with one attached hydrogen (secondary N) is 2. The average Bonchev–Trinajstić information content (AvgIpc) is 2.88. The van der Waals surface area contributed by atoms with Crippen molar-refractivity contribution in [1.29, 1.82) is 0 Å². The molecular weight excluding hydrogens is 307 g/mol. The smallest absolute Gasteiger partial charge is 0.256 e. The lowest BCUT2D eigenvalue weighted by Crippen LogP contribution is -2.20. The van der Waals surface area contributed by atoms with Crippen LogP contribution in [0.4, 0.5) is 5.69 Å². The molecule has 1 aliphatic heterocycles. The number of carbonyl (C=O) groups is 2. The molecule has 0 saturated carbocycles. The van der Waals surface area contributed by atoms with Crippen molar-refractivity contribution in [2.75, 3.05) is 5.32 Å². The Balaban J connectivity index is 1.93. The second kappa shape index (κ2) is 6.34. The molecule has 2 amide bonds. The Morgan fingerprint density at radius 1 is 1.26 bits per heavy atom. The third kappa shape index (κ3) is 2.90. The molecule has 6 heteroatoms. The highest BCUT2D eigenvalue weighted by molar-refractivity contribution is 7.99. The molecule has 1 aliphatic rings. The van der Waals surface area contributed by atoms with E-state index in [1.807, 2.05) is 49.4 Å². The van der Waals surface area contributed by atoms with Crippen molar-refractivity contribution in [1.82, 2.24) is 5.23 Å². The van der Waals surface area contributed by atoms with Crippen molar-refractivity contribution < 1.29 is 9.59 Å². The van der Waals surface area contributed by atoms with Crippen molar-refractivity contribution in [2.24, 2.45) is 0 Å². The lowest BCUT2D eigenvalue weighted by atomic mass is 10.1. The normalized spacial score (nSPS) is 14.5. The highest BCUT2D eigenvalue weighted by Gasteiger charge is 2.23. The number of benzene rings is 2. The van der Waals surface area contributed by atoms with Gasteiger partial charge in [0, 0.05) is 20.9 Å². The van der Waals surface area contributed by atoms with Gasteiger partial charge in [-0.15, -0.1) is 0 Å². The molecule has 2 aromatic carbocycles. The van der Waals surface area contributed by atoms with Crippen molar-refractivity contribution in [3.8, 4) is 0 Å². The zero-order valence-corrected chi connectivity index (χ0v) is 13.7. The summed E-state index contributed by atoms with van der Waals surface area (Å²) >= 11 is 1.50. The van der Waals surface area contributed by atoms with E-state index in [4.69, 9.17) is 0 Å². The van der Waals surface area contributed by atoms with E-state index < -0.39 is 0 Å². The van der Waals surface area contributed by atoms with Gasteiger partial charge in [0.25, 0.3) is 5.91 Å². The summed E-state index contributed by atoms with van der Waals surface area (Å²) in [6.45, 7) is 1.85. The molecule has 0 bridgehead atoms. The monoisotopic (exact) mass is 322 g/mol. The molecule has 114 valence electrons. The summed E-state index contributed by atoms with van der Waals surface area (Å²) in [6.07, 6.45) is 1.81. The minimum atomic E-state index is -0.112. The van der Waals surface area contributed by atoms with E-state index in [0.717, 1.165) is 21.0 Å². The van der Waals surface area contributed by atoms with Gasteiger partial charge in [-0.25, -0.2) is 0 Å². The molecule has 1 heterocycles. The number of amides is 2. The highest BCUT2D eigenvalue weighted by atomic mass is 32.2. The first-order valence-corrected chi connectivity index (χ1v) is 8.06. The zero-order valence-electron chi connectivity index (χ0n) is 12.8. The van der Waals surface area contributed by atoms with Crippen LogP contribution in [0, 0.1) is 0 Å². The molecule has 0 aliphatic carbocycles. The molecule has 2 N–H and O–H groups in total. The number of rotatable bonds is 3. The summed E-state index contributed by atoms with van der Waals surface area (Å²) in [5.74, 6) is -0.186. The van der Waals surface area contributed by atoms with E-state index >= 15 is 0 Å². The number of anilines is 1. The Bertz CT molecular complexity index is 833. The van der Waals surface area contributed by atoms with E-state index in [9.17, 15) is 9.59 Å². The molecule has 0 aromatic heterocycles. The summed E-state index contributed by atoms with van der Waals surface area (Å²) in [6, 6.07) is 13.3. The van der Waals surface area contributed by atoms with Crippen LogP contribution in [0.5, 0.6) is 0 Å². The molecule has 0 fully saturated rings. The summed E-state index contributed by atoms with van der Waals surface area (Å²) in [4.78, 5) is 25.7. The van der Waals surface area contributed by atoms with Gasteiger partial charge in [0.15, 0.2) is 0 Å². The number of hydrogen-bond donors (Lipinski definition) is 2.